The molecule has 6 aromatic rings. The predicted octanol–water partition coefficient (Wildman–Crippen LogP) is 19.4. The van der Waals surface area contributed by atoms with Crippen molar-refractivity contribution in [2.75, 3.05) is 0 Å². The number of rotatable bonds is 23. The summed E-state index contributed by atoms with van der Waals surface area (Å²) in [5, 5.41) is 8.18. The quantitative estimate of drug-likeness (QED) is 0.0443. The number of halogens is 4. The maximum Gasteiger partial charge on any atom is 0.290 e. The summed E-state index contributed by atoms with van der Waals surface area (Å²) in [6.45, 7) is 26.0. The molecule has 1 aliphatic rings. The lowest BCUT2D eigenvalue weighted by Crippen LogP contribution is -2.64. The Balaban J connectivity index is 0.000000195. The normalized spacial score (nSPS) is 14.2. The summed E-state index contributed by atoms with van der Waals surface area (Å²) >= 11 is 33.0. The van der Waals surface area contributed by atoms with E-state index >= 15 is 0 Å². The maximum atomic E-state index is 6.78. The largest absolute Gasteiger partial charge is 0.290 e. The molecule has 0 spiro atoms. The van der Waals surface area contributed by atoms with Crippen LogP contribution in [0.4, 0.5) is 0 Å². The summed E-state index contributed by atoms with van der Waals surface area (Å²) < 4.78 is 8.63. The van der Waals surface area contributed by atoms with E-state index in [2.05, 4.69) is 183 Å². The highest BCUT2D eigenvalue weighted by molar-refractivity contribution is 9.11. The summed E-state index contributed by atoms with van der Waals surface area (Å²) in [6.07, 6.45) is 18.0. The van der Waals surface area contributed by atoms with Crippen molar-refractivity contribution >= 4 is 181 Å². The molecule has 0 radical (unpaired) electrons. The Kier molecular flexibility index (Phi) is 24.0. The van der Waals surface area contributed by atoms with E-state index in [1.165, 1.54) is 124 Å². The van der Waals surface area contributed by atoms with Gasteiger partial charge in [0, 0.05) is 37.5 Å². The van der Waals surface area contributed by atoms with Gasteiger partial charge in [0.25, 0.3) is 6.69 Å². The van der Waals surface area contributed by atoms with Gasteiger partial charge in [0.1, 0.15) is 0 Å². The molecule has 14 heteroatoms. The highest BCUT2D eigenvalue weighted by atomic mass is 79.9. The second-order valence-electron chi connectivity index (χ2n) is 21.0. The van der Waals surface area contributed by atoms with Gasteiger partial charge in [-0.1, -0.05) is 163 Å². The lowest BCUT2D eigenvalue weighted by atomic mass is 10.0. The van der Waals surface area contributed by atoms with E-state index < -0.39 is 30.9 Å². The number of unbranched alkanes of at least 4 members (excludes halogenated alkanes) is 4. The first-order valence-corrected chi connectivity index (χ1v) is 45.6. The third kappa shape index (κ3) is 15.4. The van der Waals surface area contributed by atoms with Gasteiger partial charge in [0.05, 0.1) is 25.9 Å². The van der Waals surface area contributed by atoms with E-state index in [9.17, 15) is 0 Å². The molecule has 0 bridgehead atoms. The molecule has 2 atom stereocenters. The van der Waals surface area contributed by atoms with Crippen molar-refractivity contribution in [3.63, 3.8) is 0 Å². The van der Waals surface area contributed by atoms with E-state index in [1.807, 2.05) is 56.7 Å². The van der Waals surface area contributed by atoms with Crippen molar-refractivity contribution in [3.8, 4) is 19.5 Å². The maximum absolute atomic E-state index is 6.78. The number of fused-ring (bicyclic) bond motifs is 3. The van der Waals surface area contributed by atoms with E-state index in [-0.39, 0.29) is 0 Å². The molecule has 7 rings (SSSR count). The van der Waals surface area contributed by atoms with E-state index in [0.717, 1.165) is 12.0 Å². The van der Waals surface area contributed by atoms with Crippen molar-refractivity contribution in [3.05, 3.63) is 78.0 Å². The van der Waals surface area contributed by atoms with Gasteiger partial charge < -0.3 is 0 Å². The third-order valence-corrected chi connectivity index (χ3v) is 41.4. The predicted molar refractivity (Wildman–Crippen MR) is 340 cm³/mol. The van der Waals surface area contributed by atoms with Crippen LogP contribution in [0, 0.1) is 11.8 Å². The molecule has 0 nitrogen and oxygen atoms in total. The van der Waals surface area contributed by atoms with Crippen LogP contribution in [0.2, 0.25) is 51.4 Å². The fourth-order valence-electron chi connectivity index (χ4n) is 9.10. The molecular weight excluding hydrogens is 1180 g/mol. The van der Waals surface area contributed by atoms with Crippen LogP contribution >= 0.6 is 122 Å². The van der Waals surface area contributed by atoms with Crippen molar-refractivity contribution in [2.24, 2.45) is 11.8 Å². The van der Waals surface area contributed by atoms with Crippen molar-refractivity contribution in [1.29, 1.82) is 0 Å². The van der Waals surface area contributed by atoms with Crippen molar-refractivity contribution in [2.45, 2.75) is 183 Å². The molecule has 376 valence electrons. The van der Waals surface area contributed by atoms with Crippen LogP contribution in [-0.2, 0) is 12.8 Å². The molecule has 0 aliphatic carbocycles. The Labute approximate surface area is 468 Å². The fourth-order valence-corrected chi connectivity index (χ4v) is 34.9. The smallest absolute Gasteiger partial charge is 0.149 e. The van der Waals surface area contributed by atoms with Crippen LogP contribution in [-0.4, -0.2) is 30.9 Å². The lowest BCUT2D eigenvalue weighted by molar-refractivity contribution is 0.488. The topological polar surface area (TPSA) is 0 Å². The van der Waals surface area contributed by atoms with Gasteiger partial charge >= 0.3 is 0 Å². The molecule has 0 fully saturated rings. The Morgan fingerprint density at radius 1 is 0.529 bits per heavy atom. The zero-order valence-electron chi connectivity index (χ0n) is 43.2. The van der Waals surface area contributed by atoms with Gasteiger partial charge in [-0.2, -0.15) is 0 Å². The fraction of sp³-hybridized carbons (Fsp3) is 0.556. The molecular formula is C54H80Br2Cl2S6Si4. The second-order valence-corrected chi connectivity index (χ2v) is 51.1. The first-order valence-electron chi connectivity index (χ1n) is 25.6. The van der Waals surface area contributed by atoms with Crippen LogP contribution in [0.25, 0.3) is 19.5 Å². The molecule has 0 saturated heterocycles. The van der Waals surface area contributed by atoms with Crippen LogP contribution in [0.3, 0.4) is 0 Å². The monoisotopic (exact) mass is 1260 g/mol. The minimum atomic E-state index is -2.27. The summed E-state index contributed by atoms with van der Waals surface area (Å²) in [4.78, 5) is 9.04. The molecule has 1 aliphatic heterocycles. The van der Waals surface area contributed by atoms with Gasteiger partial charge in [-0.3, -0.25) is 0 Å². The number of aryl methyl sites for hydroxylation is 2. The van der Waals surface area contributed by atoms with Gasteiger partial charge in [0.15, 0.2) is 8.07 Å². The third-order valence-electron chi connectivity index (χ3n) is 13.4. The highest BCUT2D eigenvalue weighted by Gasteiger charge is 2.50. The van der Waals surface area contributed by atoms with Gasteiger partial charge in [-0.15, -0.1) is 90.2 Å². The zero-order valence-corrected chi connectivity index (χ0v) is 56.8. The van der Waals surface area contributed by atoms with Crippen LogP contribution in [0.15, 0.2) is 68.2 Å². The Morgan fingerprint density at radius 2 is 0.985 bits per heavy atom. The van der Waals surface area contributed by atoms with Crippen LogP contribution in [0.1, 0.15) is 128 Å². The SMILES string of the molecule is CCCCc1ccc([Si](Cl)(Cl)CC(CC)CCCC)s1.CCCCc1ccc([Si]2(CC(CC)CCCC)c3ccsc3-c3sccc32)s1.C[Si](C)(C)c1cc(Br)c(-c2sc([Si](C)(C)C)cc2Br)s1. The average Bonchev–Trinajstić information content (AvgIpc) is 4.16. The zero-order chi connectivity index (χ0) is 49.9. The summed E-state index contributed by atoms with van der Waals surface area (Å²) in [7, 11) is -4.33. The first-order chi connectivity index (χ1) is 32.3. The Hall–Kier alpha value is 0.608. The van der Waals surface area contributed by atoms with Gasteiger partial charge in [0.2, 0.25) is 0 Å². The molecule has 68 heavy (non-hydrogen) atoms. The Bertz CT molecular complexity index is 2330. The highest BCUT2D eigenvalue weighted by Crippen LogP contribution is 2.43. The molecule has 0 saturated carbocycles. The number of hydrogen-bond donors (Lipinski definition) is 0. The molecule has 0 N–H and O–H groups in total. The summed E-state index contributed by atoms with van der Waals surface area (Å²) in [6, 6.07) is 21.5. The number of hydrogen-bond acceptors (Lipinski definition) is 6. The molecule has 0 aromatic carbocycles. The van der Waals surface area contributed by atoms with E-state index in [1.54, 1.807) is 38.5 Å². The van der Waals surface area contributed by atoms with Crippen molar-refractivity contribution in [1.82, 2.24) is 0 Å². The Morgan fingerprint density at radius 3 is 1.43 bits per heavy atom. The van der Waals surface area contributed by atoms with Crippen LogP contribution < -0.4 is 28.4 Å². The summed E-state index contributed by atoms with van der Waals surface area (Å²) in [5.74, 6) is 1.55. The van der Waals surface area contributed by atoms with Gasteiger partial charge in [-0.25, -0.2) is 0 Å². The molecule has 2 unspecified atom stereocenters. The number of thiophene rings is 6. The molecule has 0 amide bonds. The minimum Gasteiger partial charge on any atom is -0.149 e. The van der Waals surface area contributed by atoms with E-state index in [4.69, 9.17) is 22.2 Å². The standard InChI is InChI=1S/C24H32S3Si.C16H28Cl2SSi.C14H20Br2S2Si2/c1-4-7-9-18(6-3)17-28(22-12-11-19(27-22)10-8-5-2)20-13-15-25-23(20)24-21(28)14-16-26-24;1-4-7-9-14(6-3)13-20(17,18)16-12-11-15(19-16)10-8-5-2;1-19(2,3)11-7-9(15)13(17-11)14-10(16)8-12(18-14)20(4,5)6/h11-16,18H,4-10,17H2,1-3H3;11-12,14H,4-10,13H2,1-3H3;7-8H,1-6H3. The first kappa shape index (κ1) is 59.5. The molecule has 7 heterocycles. The molecule has 6 aromatic heterocycles. The minimum absolute atomic E-state index is 0.692. The van der Waals surface area contributed by atoms with Gasteiger partial charge in [-0.05, 0) is 142 Å². The second kappa shape index (κ2) is 27.4. The van der Waals surface area contributed by atoms with E-state index in [0.29, 0.717) is 5.92 Å². The summed E-state index contributed by atoms with van der Waals surface area (Å²) in [5.41, 5.74) is 0. The average molecular weight is 1260 g/mol. The van der Waals surface area contributed by atoms with Crippen molar-refractivity contribution < 1.29 is 0 Å². The van der Waals surface area contributed by atoms with Crippen LogP contribution in [0.5, 0.6) is 0 Å². The lowest BCUT2D eigenvalue weighted by Gasteiger charge is -2.31.